The maximum absolute atomic E-state index is 12.5. The zero-order chi connectivity index (χ0) is 17.7. The Morgan fingerprint density at radius 1 is 1.29 bits per heavy atom. The molecule has 0 aromatic heterocycles. The highest BCUT2D eigenvalue weighted by Crippen LogP contribution is 2.25. The van der Waals surface area contributed by atoms with Crippen LogP contribution in [0, 0.1) is 5.92 Å². The highest BCUT2D eigenvalue weighted by molar-refractivity contribution is 7.99. The van der Waals surface area contributed by atoms with E-state index < -0.39 is 0 Å². The first kappa shape index (κ1) is 19.1. The van der Waals surface area contributed by atoms with Gasteiger partial charge in [-0.2, -0.15) is 0 Å². The number of thioether (sulfide) groups is 1. The molecule has 2 amide bonds. The Balaban J connectivity index is 1.85. The van der Waals surface area contributed by atoms with Gasteiger partial charge in [-0.15, -0.1) is 11.8 Å². The summed E-state index contributed by atoms with van der Waals surface area (Å²) in [6, 6.07) is 8.62. The number of urea groups is 1. The molecule has 0 saturated carbocycles. The largest absolute Gasteiger partial charge is 0.331 e. The maximum atomic E-state index is 12.5. The Labute approximate surface area is 151 Å². The molecule has 5 heteroatoms. The molecule has 0 bridgehead atoms. The lowest BCUT2D eigenvalue weighted by Gasteiger charge is -2.22. The number of carbonyl (C=O) groups excluding carboxylic acids is 1. The fraction of sp³-hybridized carbons (Fsp3) is 0.632. The van der Waals surface area contributed by atoms with Gasteiger partial charge < -0.3 is 15.1 Å². The molecule has 4 nitrogen and oxygen atoms in total. The molecule has 134 valence electrons. The topological polar surface area (TPSA) is 35.6 Å². The first-order valence-corrected chi connectivity index (χ1v) is 9.70. The Bertz CT molecular complexity index is 530. The van der Waals surface area contributed by atoms with Crippen LogP contribution in [-0.4, -0.2) is 54.8 Å². The molecule has 1 aliphatic rings. The summed E-state index contributed by atoms with van der Waals surface area (Å²) in [6.45, 7) is 9.22. The number of benzene rings is 1. The number of hydrogen-bond donors (Lipinski definition) is 1. The standard InChI is InChI=1S/C19H31N3OS/c1-14(2)24-18-8-6-17(7-9-18)15(3)20-19(23)22-11-10-16(13-22)12-21(4)5/h6-9,14-16H,10-13H2,1-5H3,(H,20,23)/t15-,16-/m0/s1. The fourth-order valence-corrected chi connectivity index (χ4v) is 3.99. The van der Waals surface area contributed by atoms with E-state index in [2.05, 4.69) is 69.3 Å². The smallest absolute Gasteiger partial charge is 0.317 e. The van der Waals surface area contributed by atoms with Crippen LogP contribution in [0.4, 0.5) is 4.79 Å². The second kappa shape index (κ2) is 8.77. The molecule has 1 N–H and O–H groups in total. The first-order valence-electron chi connectivity index (χ1n) is 8.82. The van der Waals surface area contributed by atoms with Crippen LogP contribution in [0.3, 0.4) is 0 Å². The summed E-state index contributed by atoms with van der Waals surface area (Å²) >= 11 is 1.86. The minimum atomic E-state index is 0.0310. The predicted molar refractivity (Wildman–Crippen MR) is 103 cm³/mol. The molecule has 1 aliphatic heterocycles. The Kier molecular flexibility index (Phi) is 6.99. The van der Waals surface area contributed by atoms with Crippen molar-refractivity contribution in [1.29, 1.82) is 0 Å². The summed E-state index contributed by atoms with van der Waals surface area (Å²) in [6.07, 6.45) is 1.10. The van der Waals surface area contributed by atoms with E-state index >= 15 is 0 Å². The Hall–Kier alpha value is -1.20. The third-order valence-corrected chi connectivity index (χ3v) is 5.30. The van der Waals surface area contributed by atoms with Crippen molar-refractivity contribution in [1.82, 2.24) is 15.1 Å². The molecule has 1 aromatic carbocycles. The lowest BCUT2D eigenvalue weighted by Crippen LogP contribution is -2.40. The van der Waals surface area contributed by atoms with E-state index in [-0.39, 0.29) is 12.1 Å². The number of rotatable bonds is 6. The van der Waals surface area contributed by atoms with Crippen molar-refractivity contribution in [3.8, 4) is 0 Å². The van der Waals surface area contributed by atoms with Crippen molar-refractivity contribution >= 4 is 17.8 Å². The quantitative estimate of drug-likeness (QED) is 0.793. The van der Waals surface area contributed by atoms with E-state index in [1.54, 1.807) is 0 Å². The monoisotopic (exact) mass is 349 g/mol. The normalized spacial score (nSPS) is 19.1. The molecule has 1 heterocycles. The number of nitrogens with zero attached hydrogens (tertiary/aromatic N) is 2. The minimum Gasteiger partial charge on any atom is -0.331 e. The second-order valence-electron chi connectivity index (χ2n) is 7.27. The molecule has 0 aliphatic carbocycles. The van der Waals surface area contributed by atoms with Gasteiger partial charge in [0.05, 0.1) is 6.04 Å². The van der Waals surface area contributed by atoms with Crippen molar-refractivity contribution in [2.75, 3.05) is 33.7 Å². The van der Waals surface area contributed by atoms with E-state index in [0.29, 0.717) is 11.2 Å². The van der Waals surface area contributed by atoms with Crippen molar-refractivity contribution in [2.24, 2.45) is 5.92 Å². The van der Waals surface area contributed by atoms with Crippen LogP contribution >= 0.6 is 11.8 Å². The summed E-state index contributed by atoms with van der Waals surface area (Å²) in [7, 11) is 4.18. The van der Waals surface area contributed by atoms with Crippen molar-refractivity contribution in [3.63, 3.8) is 0 Å². The Morgan fingerprint density at radius 2 is 1.96 bits per heavy atom. The lowest BCUT2D eigenvalue weighted by molar-refractivity contribution is 0.202. The van der Waals surface area contributed by atoms with Gasteiger partial charge in [-0.05, 0) is 51.1 Å². The van der Waals surface area contributed by atoms with E-state index in [0.717, 1.165) is 31.6 Å². The van der Waals surface area contributed by atoms with Crippen LogP contribution in [0.25, 0.3) is 0 Å². The maximum Gasteiger partial charge on any atom is 0.317 e. The molecule has 1 aromatic rings. The predicted octanol–water partition coefficient (Wildman–Crippen LogP) is 3.84. The van der Waals surface area contributed by atoms with Gasteiger partial charge >= 0.3 is 6.03 Å². The molecular formula is C19H31N3OS. The minimum absolute atomic E-state index is 0.0310. The van der Waals surface area contributed by atoms with Crippen molar-refractivity contribution < 1.29 is 4.79 Å². The van der Waals surface area contributed by atoms with Gasteiger partial charge in [0.25, 0.3) is 0 Å². The molecule has 2 atom stereocenters. The Morgan fingerprint density at radius 3 is 2.54 bits per heavy atom. The molecular weight excluding hydrogens is 318 g/mol. The van der Waals surface area contributed by atoms with E-state index in [1.807, 2.05) is 16.7 Å². The molecule has 1 saturated heterocycles. The number of nitrogens with one attached hydrogen (secondary N) is 1. The average Bonchev–Trinajstić information content (AvgIpc) is 2.95. The van der Waals surface area contributed by atoms with Crippen LogP contribution < -0.4 is 5.32 Å². The van der Waals surface area contributed by atoms with Gasteiger partial charge in [0.2, 0.25) is 0 Å². The van der Waals surface area contributed by atoms with E-state index in [9.17, 15) is 4.79 Å². The summed E-state index contributed by atoms with van der Waals surface area (Å²) < 4.78 is 0. The van der Waals surface area contributed by atoms with Gasteiger partial charge in [0.1, 0.15) is 0 Å². The highest BCUT2D eigenvalue weighted by Gasteiger charge is 2.27. The van der Waals surface area contributed by atoms with Crippen LogP contribution in [0.1, 0.15) is 38.8 Å². The van der Waals surface area contributed by atoms with Crippen molar-refractivity contribution in [3.05, 3.63) is 29.8 Å². The summed E-state index contributed by atoms with van der Waals surface area (Å²) in [4.78, 5) is 17.9. The van der Waals surface area contributed by atoms with Crippen molar-refractivity contribution in [2.45, 2.75) is 43.4 Å². The summed E-state index contributed by atoms with van der Waals surface area (Å²) in [5.41, 5.74) is 1.15. The van der Waals surface area contributed by atoms with E-state index in [1.165, 1.54) is 4.90 Å². The molecule has 2 rings (SSSR count). The third-order valence-electron chi connectivity index (χ3n) is 4.29. The van der Waals surface area contributed by atoms with Crippen LogP contribution in [0.5, 0.6) is 0 Å². The SMILES string of the molecule is CC(C)Sc1ccc([C@H](C)NC(=O)N2CC[C@@H](CN(C)C)C2)cc1. The fourth-order valence-electron chi connectivity index (χ4n) is 3.15. The number of amides is 2. The first-order chi connectivity index (χ1) is 11.3. The average molecular weight is 350 g/mol. The molecule has 0 unspecified atom stereocenters. The van der Waals surface area contributed by atoms with Gasteiger partial charge in [-0.1, -0.05) is 26.0 Å². The summed E-state index contributed by atoms with van der Waals surface area (Å²) in [5, 5.41) is 3.72. The zero-order valence-electron chi connectivity index (χ0n) is 15.6. The summed E-state index contributed by atoms with van der Waals surface area (Å²) in [5.74, 6) is 0.591. The number of hydrogen-bond acceptors (Lipinski definition) is 3. The van der Waals surface area contributed by atoms with E-state index in [4.69, 9.17) is 0 Å². The second-order valence-corrected chi connectivity index (χ2v) is 8.92. The van der Waals surface area contributed by atoms with Gasteiger partial charge in [0.15, 0.2) is 0 Å². The highest BCUT2D eigenvalue weighted by atomic mass is 32.2. The molecule has 1 fully saturated rings. The van der Waals surface area contributed by atoms with Gasteiger partial charge in [0, 0.05) is 29.8 Å². The molecule has 0 spiro atoms. The number of likely N-dealkylation sites (tertiary alicyclic amines) is 1. The van der Waals surface area contributed by atoms with Gasteiger partial charge in [-0.25, -0.2) is 4.79 Å². The van der Waals surface area contributed by atoms with Gasteiger partial charge in [-0.3, -0.25) is 0 Å². The van der Waals surface area contributed by atoms with Crippen LogP contribution in [-0.2, 0) is 0 Å². The number of carbonyl (C=O) groups is 1. The lowest BCUT2D eigenvalue weighted by atomic mass is 10.1. The van der Waals surface area contributed by atoms with Crippen LogP contribution in [0.15, 0.2) is 29.2 Å². The molecule has 0 radical (unpaired) electrons. The van der Waals surface area contributed by atoms with Crippen LogP contribution in [0.2, 0.25) is 0 Å². The third kappa shape index (κ3) is 5.71. The zero-order valence-corrected chi connectivity index (χ0v) is 16.4. The molecule has 24 heavy (non-hydrogen) atoms.